The van der Waals surface area contributed by atoms with Crippen LogP contribution in [0.1, 0.15) is 41.1 Å². The van der Waals surface area contributed by atoms with Crippen LogP contribution in [-0.4, -0.2) is 47.0 Å². The third kappa shape index (κ3) is 4.08. The smallest absolute Gasteiger partial charge is 0.251 e. The predicted molar refractivity (Wildman–Crippen MR) is 98.4 cm³/mol. The summed E-state index contributed by atoms with van der Waals surface area (Å²) >= 11 is 0. The Morgan fingerprint density at radius 2 is 2.32 bits per heavy atom. The van der Waals surface area contributed by atoms with Gasteiger partial charge in [-0.2, -0.15) is 0 Å². The molecule has 1 aliphatic heterocycles. The van der Waals surface area contributed by atoms with Gasteiger partial charge in [0.2, 0.25) is 0 Å². The summed E-state index contributed by atoms with van der Waals surface area (Å²) in [4.78, 5) is 19.0. The maximum absolute atomic E-state index is 11.9. The van der Waals surface area contributed by atoms with E-state index in [1.54, 1.807) is 7.05 Å². The van der Waals surface area contributed by atoms with Crippen molar-refractivity contribution in [1.82, 2.24) is 25.1 Å². The lowest BCUT2D eigenvalue weighted by atomic mass is 10.0. The van der Waals surface area contributed by atoms with Crippen LogP contribution in [0.2, 0.25) is 0 Å². The zero-order chi connectivity index (χ0) is 17.6. The highest BCUT2D eigenvalue weighted by atomic mass is 16.1. The van der Waals surface area contributed by atoms with Gasteiger partial charge < -0.3 is 15.2 Å². The number of carbonyl (C=O) groups is 1. The standard InChI is InChI=1S/C19H27N5O/c1-3-9-23-11-8-22-18(23)14-24-10-7-21-13-17(24)15-5-4-6-16(12-15)19(25)20-2/h4-6,8,11-12,17,21H,3,7,9-10,13-14H2,1-2H3,(H,20,25)/t17-/m1/s1. The molecule has 1 amide bonds. The summed E-state index contributed by atoms with van der Waals surface area (Å²) in [5.74, 6) is 1.06. The number of amides is 1. The van der Waals surface area contributed by atoms with E-state index in [-0.39, 0.29) is 11.9 Å². The molecule has 1 saturated heterocycles. The maximum Gasteiger partial charge on any atom is 0.251 e. The number of nitrogens with one attached hydrogen (secondary N) is 2. The van der Waals surface area contributed by atoms with E-state index < -0.39 is 0 Å². The number of aromatic nitrogens is 2. The van der Waals surface area contributed by atoms with Gasteiger partial charge in [0.15, 0.2) is 0 Å². The molecule has 6 heteroatoms. The Morgan fingerprint density at radius 1 is 1.44 bits per heavy atom. The number of hydrogen-bond donors (Lipinski definition) is 2. The second kappa shape index (κ2) is 8.27. The second-order valence-corrected chi connectivity index (χ2v) is 6.43. The zero-order valence-electron chi connectivity index (χ0n) is 15.0. The number of rotatable bonds is 6. The summed E-state index contributed by atoms with van der Waals surface area (Å²) in [6, 6.07) is 8.17. The van der Waals surface area contributed by atoms with Crippen LogP contribution in [0.4, 0.5) is 0 Å². The Morgan fingerprint density at radius 3 is 3.12 bits per heavy atom. The van der Waals surface area contributed by atoms with Gasteiger partial charge >= 0.3 is 0 Å². The van der Waals surface area contributed by atoms with E-state index in [1.807, 2.05) is 24.4 Å². The van der Waals surface area contributed by atoms with Crippen LogP contribution < -0.4 is 10.6 Å². The van der Waals surface area contributed by atoms with Crippen molar-refractivity contribution in [3.05, 3.63) is 53.6 Å². The molecule has 0 spiro atoms. The summed E-state index contributed by atoms with van der Waals surface area (Å²) < 4.78 is 2.24. The van der Waals surface area contributed by atoms with Crippen molar-refractivity contribution >= 4 is 5.91 Å². The van der Waals surface area contributed by atoms with Crippen LogP contribution in [0, 0.1) is 0 Å². The van der Waals surface area contributed by atoms with Crippen molar-refractivity contribution in [3.63, 3.8) is 0 Å². The molecular formula is C19H27N5O. The van der Waals surface area contributed by atoms with Crippen LogP contribution in [0.3, 0.4) is 0 Å². The summed E-state index contributed by atoms with van der Waals surface area (Å²) in [5, 5.41) is 6.17. The van der Waals surface area contributed by atoms with E-state index in [0.29, 0.717) is 5.56 Å². The van der Waals surface area contributed by atoms with E-state index in [0.717, 1.165) is 45.0 Å². The molecular weight excluding hydrogens is 314 g/mol. The van der Waals surface area contributed by atoms with Crippen molar-refractivity contribution in [1.29, 1.82) is 0 Å². The Balaban J connectivity index is 1.81. The third-order valence-electron chi connectivity index (χ3n) is 4.73. The van der Waals surface area contributed by atoms with E-state index in [9.17, 15) is 4.79 Å². The van der Waals surface area contributed by atoms with Gasteiger partial charge in [-0.25, -0.2) is 4.98 Å². The number of hydrogen-bond acceptors (Lipinski definition) is 4. The monoisotopic (exact) mass is 341 g/mol. The first-order valence-corrected chi connectivity index (χ1v) is 8.99. The molecule has 134 valence electrons. The molecule has 3 rings (SSSR count). The Hall–Kier alpha value is -2.18. The van der Waals surface area contributed by atoms with Crippen LogP contribution in [0.25, 0.3) is 0 Å². The minimum Gasteiger partial charge on any atom is -0.355 e. The predicted octanol–water partition coefficient (Wildman–Crippen LogP) is 1.80. The molecule has 6 nitrogen and oxygen atoms in total. The summed E-state index contributed by atoms with van der Waals surface area (Å²) in [6.45, 7) is 6.82. The van der Waals surface area contributed by atoms with Crippen LogP contribution in [0.5, 0.6) is 0 Å². The summed E-state index contributed by atoms with van der Waals surface area (Å²) in [7, 11) is 1.66. The average molecular weight is 341 g/mol. The van der Waals surface area contributed by atoms with E-state index in [1.165, 1.54) is 5.56 Å². The molecule has 0 bridgehead atoms. The lowest BCUT2D eigenvalue weighted by Gasteiger charge is -2.36. The molecule has 1 atom stereocenters. The Kier molecular flexibility index (Phi) is 5.83. The number of imidazole rings is 1. The fourth-order valence-electron chi connectivity index (χ4n) is 3.41. The summed E-state index contributed by atoms with van der Waals surface area (Å²) in [6.07, 6.45) is 5.04. The lowest BCUT2D eigenvalue weighted by Crippen LogP contribution is -2.45. The molecule has 0 unspecified atom stereocenters. The van der Waals surface area contributed by atoms with Crippen molar-refractivity contribution in [2.24, 2.45) is 0 Å². The molecule has 0 radical (unpaired) electrons. The fraction of sp³-hybridized carbons (Fsp3) is 0.474. The van der Waals surface area contributed by atoms with Gasteiger partial charge in [-0.15, -0.1) is 0 Å². The Labute approximate surface area is 149 Å². The minimum atomic E-state index is -0.0457. The van der Waals surface area contributed by atoms with E-state index in [4.69, 9.17) is 0 Å². The number of benzene rings is 1. The van der Waals surface area contributed by atoms with Gasteiger partial charge in [0.1, 0.15) is 5.82 Å². The molecule has 1 aliphatic rings. The van der Waals surface area contributed by atoms with Gasteiger partial charge in [-0.05, 0) is 24.1 Å². The first kappa shape index (κ1) is 17.6. The molecule has 2 heterocycles. The van der Waals surface area contributed by atoms with Crippen molar-refractivity contribution in [2.75, 3.05) is 26.7 Å². The van der Waals surface area contributed by atoms with Gasteiger partial charge in [0, 0.05) is 57.2 Å². The van der Waals surface area contributed by atoms with Crippen molar-refractivity contribution < 1.29 is 4.79 Å². The van der Waals surface area contributed by atoms with E-state index >= 15 is 0 Å². The number of piperazine rings is 1. The molecule has 2 aromatic rings. The van der Waals surface area contributed by atoms with Gasteiger partial charge in [-0.3, -0.25) is 9.69 Å². The fourth-order valence-corrected chi connectivity index (χ4v) is 3.41. The normalized spacial score (nSPS) is 18.2. The SMILES string of the molecule is CCCn1ccnc1CN1CCNC[C@@H]1c1cccc(C(=O)NC)c1. The maximum atomic E-state index is 11.9. The minimum absolute atomic E-state index is 0.0457. The molecule has 1 aromatic carbocycles. The highest BCUT2D eigenvalue weighted by molar-refractivity contribution is 5.94. The molecule has 1 aromatic heterocycles. The average Bonchev–Trinajstić information content (AvgIpc) is 3.09. The van der Waals surface area contributed by atoms with Crippen molar-refractivity contribution in [3.8, 4) is 0 Å². The van der Waals surface area contributed by atoms with E-state index in [2.05, 4.69) is 44.3 Å². The van der Waals surface area contributed by atoms with Crippen LogP contribution >= 0.6 is 0 Å². The number of nitrogens with zero attached hydrogens (tertiary/aromatic N) is 3. The highest BCUT2D eigenvalue weighted by Crippen LogP contribution is 2.24. The highest BCUT2D eigenvalue weighted by Gasteiger charge is 2.25. The summed E-state index contributed by atoms with van der Waals surface area (Å²) in [5.41, 5.74) is 1.87. The second-order valence-electron chi connectivity index (χ2n) is 6.43. The topological polar surface area (TPSA) is 62.2 Å². The zero-order valence-corrected chi connectivity index (χ0v) is 15.0. The number of carbonyl (C=O) groups excluding carboxylic acids is 1. The molecule has 25 heavy (non-hydrogen) atoms. The first-order chi connectivity index (χ1) is 12.2. The largest absolute Gasteiger partial charge is 0.355 e. The van der Waals surface area contributed by atoms with Gasteiger partial charge in [-0.1, -0.05) is 19.1 Å². The van der Waals surface area contributed by atoms with Crippen molar-refractivity contribution in [2.45, 2.75) is 32.5 Å². The lowest BCUT2D eigenvalue weighted by molar-refractivity contribution is 0.0962. The number of aryl methyl sites for hydroxylation is 1. The third-order valence-corrected chi connectivity index (χ3v) is 4.73. The Bertz CT molecular complexity index is 711. The quantitative estimate of drug-likeness (QED) is 0.841. The van der Waals surface area contributed by atoms with Gasteiger partial charge in [0.25, 0.3) is 5.91 Å². The molecule has 2 N–H and O–H groups in total. The molecule has 0 aliphatic carbocycles. The van der Waals surface area contributed by atoms with Crippen LogP contribution in [0.15, 0.2) is 36.7 Å². The molecule has 1 fully saturated rings. The molecule has 0 saturated carbocycles. The van der Waals surface area contributed by atoms with Crippen LogP contribution in [-0.2, 0) is 13.1 Å². The van der Waals surface area contributed by atoms with Gasteiger partial charge in [0.05, 0.1) is 6.54 Å². The first-order valence-electron chi connectivity index (χ1n) is 8.99.